The Morgan fingerprint density at radius 2 is 1.79 bits per heavy atom. The van der Waals surface area contributed by atoms with E-state index in [2.05, 4.69) is 51.2 Å². The third kappa shape index (κ3) is 8.31. The number of aliphatic hydroxyl groups excluding tert-OH is 1. The number of thiophene rings is 1. The van der Waals surface area contributed by atoms with E-state index in [9.17, 15) is 9.90 Å². The second-order valence-electron chi connectivity index (χ2n) is 9.34. The SMILES string of the molecule is COC1=C(NCc2cccs2)[C@@H](O)[C@@H](C/C=C(\C)CC/C=C(\C)CCC=C(C)C)[C@H](C)C1=O. The number of ketones is 1. The Hall–Kier alpha value is -2.11. The number of Topliss-reactive ketones (excluding diaryl/α,β-unsaturated/α-hetero) is 1. The van der Waals surface area contributed by atoms with Gasteiger partial charge < -0.3 is 15.2 Å². The van der Waals surface area contributed by atoms with Gasteiger partial charge in [-0.2, -0.15) is 0 Å². The molecule has 33 heavy (non-hydrogen) atoms. The Balaban J connectivity index is 1.98. The van der Waals surface area contributed by atoms with Gasteiger partial charge in [0.15, 0.2) is 5.76 Å². The lowest BCUT2D eigenvalue weighted by Crippen LogP contribution is -2.43. The van der Waals surface area contributed by atoms with Crippen LogP contribution in [0.2, 0.25) is 0 Å². The minimum atomic E-state index is -0.756. The van der Waals surface area contributed by atoms with E-state index in [-0.39, 0.29) is 23.4 Å². The van der Waals surface area contributed by atoms with Crippen LogP contribution in [0, 0.1) is 11.8 Å². The first-order chi connectivity index (χ1) is 15.7. The predicted molar refractivity (Wildman–Crippen MR) is 139 cm³/mol. The van der Waals surface area contributed by atoms with Gasteiger partial charge in [-0.25, -0.2) is 0 Å². The van der Waals surface area contributed by atoms with Crippen molar-refractivity contribution in [3.05, 3.63) is 68.8 Å². The molecule has 0 amide bonds. The number of ether oxygens (including phenoxy) is 1. The van der Waals surface area contributed by atoms with Crippen LogP contribution in [0.4, 0.5) is 0 Å². The molecule has 0 radical (unpaired) electrons. The number of carbonyl (C=O) groups is 1. The molecule has 4 nitrogen and oxygen atoms in total. The number of aliphatic hydroxyl groups is 1. The van der Waals surface area contributed by atoms with E-state index in [0.29, 0.717) is 18.7 Å². The lowest BCUT2D eigenvalue weighted by molar-refractivity contribution is -0.126. The highest BCUT2D eigenvalue weighted by Crippen LogP contribution is 2.34. The van der Waals surface area contributed by atoms with Gasteiger partial charge in [0.25, 0.3) is 0 Å². The van der Waals surface area contributed by atoms with Crippen LogP contribution < -0.4 is 5.32 Å². The summed E-state index contributed by atoms with van der Waals surface area (Å²) in [4.78, 5) is 14.1. The molecule has 1 heterocycles. The van der Waals surface area contributed by atoms with Crippen LogP contribution in [-0.4, -0.2) is 24.1 Å². The Morgan fingerprint density at radius 3 is 2.39 bits per heavy atom. The van der Waals surface area contributed by atoms with Crippen molar-refractivity contribution in [2.45, 2.75) is 79.4 Å². The van der Waals surface area contributed by atoms with E-state index in [0.717, 1.165) is 30.6 Å². The number of allylic oxidation sites excluding steroid dienone is 7. The highest BCUT2D eigenvalue weighted by atomic mass is 32.1. The van der Waals surface area contributed by atoms with E-state index < -0.39 is 6.10 Å². The summed E-state index contributed by atoms with van der Waals surface area (Å²) in [6, 6.07) is 4.03. The summed E-state index contributed by atoms with van der Waals surface area (Å²) in [5, 5.41) is 16.4. The first-order valence-corrected chi connectivity index (χ1v) is 12.8. The van der Waals surface area contributed by atoms with Gasteiger partial charge in [-0.05, 0) is 71.2 Å². The van der Waals surface area contributed by atoms with Crippen molar-refractivity contribution in [1.82, 2.24) is 5.32 Å². The molecule has 0 aromatic carbocycles. The van der Waals surface area contributed by atoms with Crippen molar-refractivity contribution in [3.63, 3.8) is 0 Å². The lowest BCUT2D eigenvalue weighted by atomic mass is 9.76. The number of carbonyl (C=O) groups excluding carboxylic acids is 1. The highest BCUT2D eigenvalue weighted by molar-refractivity contribution is 7.09. The monoisotopic (exact) mass is 471 g/mol. The zero-order valence-electron chi connectivity index (χ0n) is 21.1. The molecule has 1 aliphatic rings. The molecular weight excluding hydrogens is 430 g/mol. The van der Waals surface area contributed by atoms with Gasteiger partial charge in [-0.1, -0.05) is 47.9 Å². The maximum atomic E-state index is 12.9. The minimum absolute atomic E-state index is 0.0394. The standard InChI is InChI=1S/C28H41NO3S/c1-19(2)10-7-11-20(3)12-8-13-21(4)15-16-24-22(5)26(30)28(32-6)25(27(24)31)29-18-23-14-9-17-33-23/h9-10,12,14-15,17,22,24,27,29,31H,7-8,11,13,16,18H2,1-6H3/b20-12+,21-15+/t22-,24-,27-/m0/s1. The van der Waals surface area contributed by atoms with Gasteiger partial charge >= 0.3 is 0 Å². The van der Waals surface area contributed by atoms with Gasteiger partial charge in [-0.3, -0.25) is 4.79 Å². The Bertz CT molecular complexity index is 888. The third-order valence-corrected chi connectivity index (χ3v) is 7.20. The largest absolute Gasteiger partial charge is 0.491 e. The molecule has 5 heteroatoms. The van der Waals surface area contributed by atoms with E-state index in [4.69, 9.17) is 4.74 Å². The van der Waals surface area contributed by atoms with Gasteiger partial charge in [0.1, 0.15) is 6.10 Å². The normalized spacial score (nSPS) is 21.9. The number of hydrogen-bond acceptors (Lipinski definition) is 5. The fourth-order valence-corrected chi connectivity index (χ4v) is 4.80. The Morgan fingerprint density at radius 1 is 1.12 bits per heavy atom. The average Bonchev–Trinajstić information content (AvgIpc) is 3.28. The molecule has 1 aromatic heterocycles. The number of nitrogens with one attached hydrogen (secondary N) is 1. The third-order valence-electron chi connectivity index (χ3n) is 6.32. The average molecular weight is 472 g/mol. The minimum Gasteiger partial charge on any atom is -0.491 e. The van der Waals surface area contributed by atoms with Crippen LogP contribution in [0.1, 0.15) is 71.6 Å². The summed E-state index contributed by atoms with van der Waals surface area (Å²) in [6.45, 7) is 11.1. The molecular formula is C28H41NO3S. The quantitative estimate of drug-likeness (QED) is 0.333. The van der Waals surface area contributed by atoms with Gasteiger partial charge in [-0.15, -0.1) is 11.3 Å². The van der Waals surface area contributed by atoms with Crippen molar-refractivity contribution >= 4 is 17.1 Å². The molecule has 3 atom stereocenters. The molecule has 0 saturated carbocycles. The van der Waals surface area contributed by atoms with E-state index in [1.807, 2.05) is 24.4 Å². The fraction of sp³-hybridized carbons (Fsp3) is 0.536. The van der Waals surface area contributed by atoms with Crippen LogP contribution in [0.25, 0.3) is 0 Å². The lowest BCUT2D eigenvalue weighted by Gasteiger charge is -2.35. The van der Waals surface area contributed by atoms with Crippen molar-refractivity contribution in [2.24, 2.45) is 11.8 Å². The molecule has 182 valence electrons. The summed E-state index contributed by atoms with van der Waals surface area (Å²) >= 11 is 1.64. The first-order valence-electron chi connectivity index (χ1n) is 12.0. The first kappa shape index (κ1) is 27.1. The zero-order chi connectivity index (χ0) is 24.4. The van der Waals surface area contributed by atoms with Crippen LogP contribution >= 0.6 is 11.3 Å². The second kappa shape index (κ2) is 13.6. The smallest absolute Gasteiger partial charge is 0.202 e. The number of methoxy groups -OCH3 is 1. The second-order valence-corrected chi connectivity index (χ2v) is 10.4. The summed E-state index contributed by atoms with van der Waals surface area (Å²) in [6.07, 6.45) is 10.9. The fourth-order valence-electron chi connectivity index (χ4n) is 4.16. The summed E-state index contributed by atoms with van der Waals surface area (Å²) in [7, 11) is 1.50. The molecule has 0 fully saturated rings. The van der Waals surface area contributed by atoms with Gasteiger partial charge in [0.05, 0.1) is 12.8 Å². The molecule has 1 aliphatic carbocycles. The Labute approximate surface area is 204 Å². The van der Waals surface area contributed by atoms with Crippen molar-refractivity contribution in [2.75, 3.05) is 7.11 Å². The highest BCUT2D eigenvalue weighted by Gasteiger charge is 2.41. The van der Waals surface area contributed by atoms with Crippen LogP contribution in [-0.2, 0) is 16.1 Å². The summed E-state index contributed by atoms with van der Waals surface area (Å²) in [5.74, 6) is -0.235. The zero-order valence-corrected chi connectivity index (χ0v) is 21.9. The van der Waals surface area contributed by atoms with Crippen molar-refractivity contribution in [3.8, 4) is 0 Å². The number of hydrogen-bond donors (Lipinski definition) is 2. The van der Waals surface area contributed by atoms with E-state index in [1.54, 1.807) is 11.3 Å². The number of rotatable bonds is 12. The van der Waals surface area contributed by atoms with E-state index >= 15 is 0 Å². The predicted octanol–water partition coefficient (Wildman–Crippen LogP) is 6.70. The van der Waals surface area contributed by atoms with Crippen molar-refractivity contribution < 1.29 is 14.6 Å². The van der Waals surface area contributed by atoms with Crippen molar-refractivity contribution in [1.29, 1.82) is 0 Å². The maximum Gasteiger partial charge on any atom is 0.202 e. The topological polar surface area (TPSA) is 58.6 Å². The molecule has 0 unspecified atom stereocenters. The van der Waals surface area contributed by atoms with Crippen LogP contribution in [0.3, 0.4) is 0 Å². The van der Waals surface area contributed by atoms with Crippen LogP contribution in [0.15, 0.2) is 63.9 Å². The molecule has 2 N–H and O–H groups in total. The summed E-state index contributed by atoms with van der Waals surface area (Å²) < 4.78 is 5.40. The molecule has 0 bridgehead atoms. The molecule has 1 aromatic rings. The molecule has 0 spiro atoms. The summed E-state index contributed by atoms with van der Waals surface area (Å²) in [5.41, 5.74) is 4.61. The van der Waals surface area contributed by atoms with E-state index in [1.165, 1.54) is 23.8 Å². The molecule has 2 rings (SSSR count). The molecule has 0 aliphatic heterocycles. The van der Waals surface area contributed by atoms with Crippen LogP contribution in [0.5, 0.6) is 0 Å². The maximum absolute atomic E-state index is 12.9. The van der Waals surface area contributed by atoms with Gasteiger partial charge in [0, 0.05) is 23.3 Å². The Kier molecular flexibility index (Phi) is 11.2. The van der Waals surface area contributed by atoms with Gasteiger partial charge in [0.2, 0.25) is 5.78 Å². The molecule has 0 saturated heterocycles.